The van der Waals surface area contributed by atoms with E-state index in [-0.39, 0.29) is 5.69 Å². The van der Waals surface area contributed by atoms with Crippen molar-refractivity contribution in [2.75, 3.05) is 7.11 Å². The number of ether oxygens (including phenoxy) is 1. The first-order valence-corrected chi connectivity index (χ1v) is 5.10. The average molecular weight is 266 g/mol. The van der Waals surface area contributed by atoms with Crippen LogP contribution in [0.3, 0.4) is 0 Å². The van der Waals surface area contributed by atoms with Crippen LogP contribution in [0.25, 0.3) is 0 Å². The van der Waals surface area contributed by atoms with Crippen molar-refractivity contribution >= 4 is 15.9 Å². The number of alkyl halides is 3. The quantitative estimate of drug-likeness (QED) is 0.783. The third kappa shape index (κ3) is 2.20. The monoisotopic (exact) mass is 265 g/mol. The number of hydrogen-bond donors (Lipinski definition) is 0. The van der Waals surface area contributed by atoms with Gasteiger partial charge in [0.1, 0.15) is 11.4 Å². The molecule has 2 nitrogen and oxygen atoms in total. The number of hydrogen-bond acceptors (Lipinski definition) is 2. The van der Waals surface area contributed by atoms with E-state index in [0.29, 0.717) is 22.3 Å². The van der Waals surface area contributed by atoms with Gasteiger partial charge in [0.25, 0.3) is 6.43 Å². The number of pyridine rings is 1. The highest BCUT2D eigenvalue weighted by atomic mass is 79.9. The van der Waals surface area contributed by atoms with E-state index in [9.17, 15) is 8.78 Å². The van der Waals surface area contributed by atoms with Crippen molar-refractivity contribution in [3.63, 3.8) is 0 Å². The molecule has 0 saturated carbocycles. The van der Waals surface area contributed by atoms with Crippen LogP contribution >= 0.6 is 15.9 Å². The van der Waals surface area contributed by atoms with Gasteiger partial charge in [0, 0.05) is 17.0 Å². The molecule has 0 unspecified atom stereocenters. The normalized spacial score (nSPS) is 10.7. The molecule has 0 radical (unpaired) electrons. The second-order valence-electron chi connectivity index (χ2n) is 2.76. The lowest BCUT2D eigenvalue weighted by Crippen LogP contribution is -2.01. The van der Waals surface area contributed by atoms with E-state index in [4.69, 9.17) is 4.74 Å². The third-order valence-corrected chi connectivity index (χ3v) is 2.45. The Hall–Kier alpha value is -0.710. The Morgan fingerprint density at radius 2 is 2.21 bits per heavy atom. The molecule has 0 aliphatic heterocycles. The highest BCUT2D eigenvalue weighted by molar-refractivity contribution is 9.08. The summed E-state index contributed by atoms with van der Waals surface area (Å²) in [7, 11) is 1.45. The first-order valence-electron chi connectivity index (χ1n) is 3.98. The predicted octanol–water partition coefficient (Wildman–Crippen LogP) is 3.23. The molecule has 0 aromatic carbocycles. The van der Waals surface area contributed by atoms with Crippen molar-refractivity contribution in [2.24, 2.45) is 0 Å². The standard InChI is InChI=1S/C9H10BrF2NO/c1-5-7(14-2)3-6(4-10)13-8(5)9(11)12/h3,9H,4H2,1-2H3. The fraction of sp³-hybridized carbons (Fsp3) is 0.444. The molecular formula is C9H10BrF2NO. The fourth-order valence-corrected chi connectivity index (χ4v) is 1.44. The number of halogens is 3. The molecule has 5 heteroatoms. The van der Waals surface area contributed by atoms with Crippen LogP contribution < -0.4 is 4.74 Å². The van der Waals surface area contributed by atoms with Crippen LogP contribution in [0.15, 0.2) is 6.07 Å². The molecule has 0 N–H and O–H groups in total. The third-order valence-electron chi connectivity index (χ3n) is 1.88. The summed E-state index contributed by atoms with van der Waals surface area (Å²) in [6.07, 6.45) is -2.57. The molecule has 0 aliphatic rings. The Kier molecular flexibility index (Phi) is 3.80. The SMILES string of the molecule is COc1cc(CBr)nc(C(F)F)c1C. The molecule has 1 aromatic heterocycles. The van der Waals surface area contributed by atoms with Crippen LogP contribution in [0.1, 0.15) is 23.4 Å². The second-order valence-corrected chi connectivity index (χ2v) is 3.32. The van der Waals surface area contributed by atoms with E-state index in [2.05, 4.69) is 20.9 Å². The summed E-state index contributed by atoms with van der Waals surface area (Å²) in [5.74, 6) is 0.449. The van der Waals surface area contributed by atoms with E-state index in [1.807, 2.05) is 0 Å². The van der Waals surface area contributed by atoms with Gasteiger partial charge in [-0.2, -0.15) is 0 Å². The summed E-state index contributed by atoms with van der Waals surface area (Å²) in [4.78, 5) is 3.82. The topological polar surface area (TPSA) is 22.1 Å². The van der Waals surface area contributed by atoms with Gasteiger partial charge < -0.3 is 4.74 Å². The van der Waals surface area contributed by atoms with Crippen LogP contribution in [-0.4, -0.2) is 12.1 Å². The zero-order valence-electron chi connectivity index (χ0n) is 7.85. The summed E-state index contributed by atoms with van der Waals surface area (Å²) in [5.41, 5.74) is 0.730. The molecule has 0 saturated heterocycles. The molecule has 0 spiro atoms. The van der Waals surface area contributed by atoms with Gasteiger partial charge in [-0.3, -0.25) is 4.98 Å². The molecule has 0 atom stereocenters. The van der Waals surface area contributed by atoms with Crippen molar-refractivity contribution in [3.05, 3.63) is 23.0 Å². The number of rotatable bonds is 3. The van der Waals surface area contributed by atoms with Crippen LogP contribution in [-0.2, 0) is 5.33 Å². The summed E-state index contributed by atoms with van der Waals surface area (Å²) in [6.45, 7) is 1.57. The van der Waals surface area contributed by atoms with Crippen molar-refractivity contribution in [1.29, 1.82) is 0 Å². The minimum Gasteiger partial charge on any atom is -0.496 e. The van der Waals surface area contributed by atoms with Crippen LogP contribution in [0.5, 0.6) is 5.75 Å². The molecule has 78 valence electrons. The van der Waals surface area contributed by atoms with E-state index in [1.54, 1.807) is 13.0 Å². The van der Waals surface area contributed by atoms with Crippen molar-refractivity contribution in [3.8, 4) is 5.75 Å². The summed E-state index contributed by atoms with van der Waals surface area (Å²) < 4.78 is 30.0. The minimum absolute atomic E-state index is 0.209. The smallest absolute Gasteiger partial charge is 0.280 e. The Morgan fingerprint density at radius 1 is 1.57 bits per heavy atom. The van der Waals surface area contributed by atoms with Gasteiger partial charge in [-0.05, 0) is 6.92 Å². The molecule has 0 bridgehead atoms. The first kappa shape index (κ1) is 11.4. The maximum absolute atomic E-state index is 12.5. The molecule has 1 rings (SSSR count). The highest BCUT2D eigenvalue weighted by Gasteiger charge is 2.16. The van der Waals surface area contributed by atoms with Crippen LogP contribution in [0.2, 0.25) is 0 Å². The van der Waals surface area contributed by atoms with Crippen molar-refractivity contribution in [1.82, 2.24) is 4.98 Å². The zero-order valence-corrected chi connectivity index (χ0v) is 9.44. The Balaban J connectivity index is 3.27. The van der Waals surface area contributed by atoms with Gasteiger partial charge in [0.05, 0.1) is 12.8 Å². The maximum atomic E-state index is 12.5. The zero-order chi connectivity index (χ0) is 10.7. The lowest BCUT2D eigenvalue weighted by molar-refractivity contribution is 0.144. The van der Waals surface area contributed by atoms with Crippen LogP contribution in [0, 0.1) is 6.92 Å². The first-order chi connectivity index (χ1) is 6.60. The summed E-state index contributed by atoms with van der Waals surface area (Å²) in [6, 6.07) is 1.65. The molecule has 0 amide bonds. The minimum atomic E-state index is -2.57. The Morgan fingerprint density at radius 3 is 2.64 bits per heavy atom. The van der Waals surface area contributed by atoms with Gasteiger partial charge >= 0.3 is 0 Å². The Bertz CT molecular complexity index is 331. The molecular weight excluding hydrogens is 256 g/mol. The van der Waals surface area contributed by atoms with E-state index in [0.717, 1.165) is 0 Å². The van der Waals surface area contributed by atoms with Gasteiger partial charge in [-0.25, -0.2) is 8.78 Å². The number of nitrogens with zero attached hydrogens (tertiary/aromatic N) is 1. The van der Waals surface area contributed by atoms with Gasteiger partial charge in [-0.1, -0.05) is 15.9 Å². The van der Waals surface area contributed by atoms with Crippen molar-refractivity contribution in [2.45, 2.75) is 18.7 Å². The fourth-order valence-electron chi connectivity index (χ4n) is 1.15. The molecule has 1 heterocycles. The highest BCUT2D eigenvalue weighted by Crippen LogP contribution is 2.28. The largest absolute Gasteiger partial charge is 0.496 e. The number of methoxy groups -OCH3 is 1. The lowest BCUT2D eigenvalue weighted by Gasteiger charge is -2.10. The molecule has 14 heavy (non-hydrogen) atoms. The van der Waals surface area contributed by atoms with Crippen molar-refractivity contribution < 1.29 is 13.5 Å². The van der Waals surface area contributed by atoms with Gasteiger partial charge in [0.2, 0.25) is 0 Å². The number of aromatic nitrogens is 1. The Labute approximate surface area is 89.4 Å². The average Bonchev–Trinajstić information content (AvgIpc) is 2.17. The van der Waals surface area contributed by atoms with E-state index >= 15 is 0 Å². The van der Waals surface area contributed by atoms with Crippen LogP contribution in [0.4, 0.5) is 8.78 Å². The van der Waals surface area contributed by atoms with Gasteiger partial charge in [0.15, 0.2) is 0 Å². The van der Waals surface area contributed by atoms with E-state index in [1.165, 1.54) is 7.11 Å². The molecule has 0 fully saturated rings. The van der Waals surface area contributed by atoms with Gasteiger partial charge in [-0.15, -0.1) is 0 Å². The maximum Gasteiger partial charge on any atom is 0.280 e. The van der Waals surface area contributed by atoms with E-state index < -0.39 is 6.43 Å². The summed E-state index contributed by atoms with van der Waals surface area (Å²) >= 11 is 3.17. The lowest BCUT2D eigenvalue weighted by atomic mass is 10.2. The molecule has 0 aliphatic carbocycles. The summed E-state index contributed by atoms with van der Waals surface area (Å²) in [5, 5.41) is 0.434. The predicted molar refractivity (Wildman–Crippen MR) is 53.1 cm³/mol. The second kappa shape index (κ2) is 4.68. The molecule has 1 aromatic rings.